The van der Waals surface area contributed by atoms with Crippen molar-refractivity contribution in [2.45, 2.75) is 25.3 Å². The first-order valence-corrected chi connectivity index (χ1v) is 10.1. The third-order valence-corrected chi connectivity index (χ3v) is 5.20. The molecule has 0 atom stereocenters. The highest BCUT2D eigenvalue weighted by molar-refractivity contribution is 5.99. The zero-order valence-electron chi connectivity index (χ0n) is 17.0. The molecular formula is C24H31N3O. The van der Waals surface area contributed by atoms with Crippen molar-refractivity contribution in [3.63, 3.8) is 0 Å². The molecule has 28 heavy (non-hydrogen) atoms. The molecule has 0 radical (unpaired) electrons. The molecule has 1 heterocycles. The second-order valence-corrected chi connectivity index (χ2v) is 7.82. The fourth-order valence-electron chi connectivity index (χ4n) is 3.69. The van der Waals surface area contributed by atoms with E-state index in [1.54, 1.807) is 6.08 Å². The Kier molecular flexibility index (Phi) is 7.40. The Hall–Kier alpha value is -2.43. The molecule has 3 rings (SSSR count). The van der Waals surface area contributed by atoms with E-state index in [4.69, 9.17) is 0 Å². The van der Waals surface area contributed by atoms with Crippen LogP contribution in [0.2, 0.25) is 0 Å². The molecule has 0 unspecified atom stereocenters. The minimum absolute atomic E-state index is 0.0725. The molecule has 0 aromatic heterocycles. The Labute approximate surface area is 168 Å². The summed E-state index contributed by atoms with van der Waals surface area (Å²) in [5, 5.41) is 2.98. The molecule has 1 N–H and O–H groups in total. The van der Waals surface area contributed by atoms with Crippen LogP contribution in [0, 0.1) is 0 Å². The Balaban J connectivity index is 1.52. The van der Waals surface area contributed by atoms with Crippen molar-refractivity contribution in [3.05, 3.63) is 77.9 Å². The molecular weight excluding hydrogens is 346 g/mol. The summed E-state index contributed by atoms with van der Waals surface area (Å²) >= 11 is 0. The summed E-state index contributed by atoms with van der Waals surface area (Å²) in [4.78, 5) is 16.6. The van der Waals surface area contributed by atoms with Gasteiger partial charge in [0.05, 0.1) is 0 Å². The predicted octanol–water partition coefficient (Wildman–Crippen LogP) is 4.12. The minimum Gasteiger partial charge on any atom is -0.323 e. The number of likely N-dealkylation sites (tertiary alicyclic amines) is 1. The molecule has 0 bridgehead atoms. The molecule has 0 spiro atoms. The lowest BCUT2D eigenvalue weighted by Gasteiger charge is -2.32. The summed E-state index contributed by atoms with van der Waals surface area (Å²) in [5.41, 5.74) is 3.59. The lowest BCUT2D eigenvalue weighted by Crippen LogP contribution is -2.32. The zero-order chi connectivity index (χ0) is 19.8. The molecule has 2 aromatic rings. The third kappa shape index (κ3) is 6.32. The molecule has 1 fully saturated rings. The molecule has 0 saturated carbocycles. The van der Waals surface area contributed by atoms with Crippen LogP contribution < -0.4 is 5.32 Å². The second kappa shape index (κ2) is 10.2. The van der Waals surface area contributed by atoms with E-state index >= 15 is 0 Å². The van der Waals surface area contributed by atoms with Gasteiger partial charge in [-0.05, 0) is 69.2 Å². The number of carbonyl (C=O) groups excluding carboxylic acids is 1. The van der Waals surface area contributed by atoms with Crippen molar-refractivity contribution in [1.82, 2.24) is 9.80 Å². The molecule has 0 aliphatic carbocycles. The summed E-state index contributed by atoms with van der Waals surface area (Å²) in [5.74, 6) is 0.491. The Bertz CT molecular complexity index is 777. The fourth-order valence-corrected chi connectivity index (χ4v) is 3.69. The number of piperidine rings is 1. The predicted molar refractivity (Wildman–Crippen MR) is 116 cm³/mol. The van der Waals surface area contributed by atoms with Gasteiger partial charge in [0.2, 0.25) is 5.91 Å². The zero-order valence-corrected chi connectivity index (χ0v) is 17.0. The quantitative estimate of drug-likeness (QED) is 0.737. The van der Waals surface area contributed by atoms with Crippen LogP contribution >= 0.6 is 0 Å². The van der Waals surface area contributed by atoms with E-state index in [0.29, 0.717) is 5.92 Å². The topological polar surface area (TPSA) is 35.6 Å². The van der Waals surface area contributed by atoms with Gasteiger partial charge in [0.25, 0.3) is 0 Å². The minimum atomic E-state index is -0.0725. The van der Waals surface area contributed by atoms with Gasteiger partial charge in [-0.15, -0.1) is 0 Å². The first-order chi connectivity index (χ1) is 13.6. The van der Waals surface area contributed by atoms with Crippen LogP contribution in [-0.4, -0.2) is 49.4 Å². The Morgan fingerprint density at radius 3 is 2.57 bits per heavy atom. The van der Waals surface area contributed by atoms with Crippen LogP contribution in [-0.2, 0) is 11.3 Å². The van der Waals surface area contributed by atoms with Gasteiger partial charge in [-0.2, -0.15) is 0 Å². The number of likely N-dealkylation sites (N-methyl/N-ethyl adjacent to an activating group) is 1. The molecule has 1 aliphatic heterocycles. The number of hydrogen-bond donors (Lipinski definition) is 1. The van der Waals surface area contributed by atoms with Gasteiger partial charge in [-0.1, -0.05) is 48.5 Å². The van der Waals surface area contributed by atoms with Gasteiger partial charge in [0.15, 0.2) is 0 Å². The van der Waals surface area contributed by atoms with Crippen LogP contribution in [0.15, 0.2) is 66.7 Å². The van der Waals surface area contributed by atoms with Gasteiger partial charge < -0.3 is 10.2 Å². The number of hydrogen-bond acceptors (Lipinski definition) is 3. The first kappa shape index (κ1) is 20.3. The van der Waals surface area contributed by atoms with Crippen LogP contribution in [0.1, 0.15) is 29.9 Å². The van der Waals surface area contributed by atoms with Gasteiger partial charge in [0.1, 0.15) is 0 Å². The van der Waals surface area contributed by atoms with Crippen molar-refractivity contribution in [2.75, 3.05) is 39.0 Å². The Morgan fingerprint density at radius 1 is 1.11 bits per heavy atom. The van der Waals surface area contributed by atoms with Crippen molar-refractivity contribution < 1.29 is 4.79 Å². The van der Waals surface area contributed by atoms with Crippen LogP contribution in [0.25, 0.3) is 0 Å². The van der Waals surface area contributed by atoms with E-state index in [2.05, 4.69) is 52.7 Å². The van der Waals surface area contributed by atoms with Crippen molar-refractivity contribution in [1.29, 1.82) is 0 Å². The molecule has 1 saturated heterocycles. The second-order valence-electron chi connectivity index (χ2n) is 7.82. The summed E-state index contributed by atoms with van der Waals surface area (Å²) in [6.07, 6.45) is 5.80. The first-order valence-electron chi connectivity index (χ1n) is 10.1. The number of nitrogens with zero attached hydrogens (tertiary/aromatic N) is 2. The van der Waals surface area contributed by atoms with Crippen molar-refractivity contribution in [3.8, 4) is 0 Å². The molecule has 1 aliphatic rings. The SMILES string of the molecule is CN(C)C/C=C/C(=O)Nc1cccc(C2CCN(Cc3ccccc3)CC2)c1. The van der Waals surface area contributed by atoms with E-state index in [9.17, 15) is 4.79 Å². The highest BCUT2D eigenvalue weighted by Gasteiger charge is 2.20. The maximum Gasteiger partial charge on any atom is 0.248 e. The van der Waals surface area contributed by atoms with E-state index in [1.807, 2.05) is 37.2 Å². The normalized spacial score (nSPS) is 16.0. The number of amides is 1. The van der Waals surface area contributed by atoms with Crippen molar-refractivity contribution >= 4 is 11.6 Å². The number of anilines is 1. The van der Waals surface area contributed by atoms with Crippen LogP contribution in [0.4, 0.5) is 5.69 Å². The van der Waals surface area contributed by atoms with Crippen LogP contribution in [0.5, 0.6) is 0 Å². The molecule has 148 valence electrons. The molecule has 1 amide bonds. The van der Waals surface area contributed by atoms with E-state index in [0.717, 1.165) is 44.7 Å². The third-order valence-electron chi connectivity index (χ3n) is 5.20. The molecule has 4 nitrogen and oxygen atoms in total. The van der Waals surface area contributed by atoms with E-state index in [1.165, 1.54) is 11.1 Å². The largest absolute Gasteiger partial charge is 0.323 e. The number of nitrogens with one attached hydrogen (secondary N) is 1. The van der Waals surface area contributed by atoms with E-state index in [-0.39, 0.29) is 5.91 Å². The van der Waals surface area contributed by atoms with Crippen LogP contribution in [0.3, 0.4) is 0 Å². The lowest BCUT2D eigenvalue weighted by atomic mass is 9.89. The monoisotopic (exact) mass is 377 g/mol. The summed E-state index contributed by atoms with van der Waals surface area (Å²) in [7, 11) is 3.97. The average Bonchev–Trinajstić information content (AvgIpc) is 2.69. The Morgan fingerprint density at radius 2 is 1.86 bits per heavy atom. The highest BCUT2D eigenvalue weighted by Crippen LogP contribution is 2.30. The standard InChI is InChI=1S/C24H31N3O/c1-26(2)15-7-12-24(28)25-23-11-6-10-22(18-23)21-13-16-27(17-14-21)19-20-8-4-3-5-9-20/h3-12,18,21H,13-17,19H2,1-2H3,(H,25,28)/b12-7+. The smallest absolute Gasteiger partial charge is 0.248 e. The van der Waals surface area contributed by atoms with Crippen molar-refractivity contribution in [2.24, 2.45) is 0 Å². The number of rotatable bonds is 7. The fraction of sp³-hybridized carbons (Fsp3) is 0.375. The number of carbonyl (C=O) groups is 1. The molecule has 4 heteroatoms. The number of benzene rings is 2. The maximum atomic E-state index is 12.1. The van der Waals surface area contributed by atoms with E-state index < -0.39 is 0 Å². The van der Waals surface area contributed by atoms with Gasteiger partial charge in [-0.3, -0.25) is 9.69 Å². The maximum absolute atomic E-state index is 12.1. The lowest BCUT2D eigenvalue weighted by molar-refractivity contribution is -0.111. The average molecular weight is 378 g/mol. The summed E-state index contributed by atoms with van der Waals surface area (Å²) < 4.78 is 0. The highest BCUT2D eigenvalue weighted by atomic mass is 16.1. The van der Waals surface area contributed by atoms with Gasteiger partial charge in [-0.25, -0.2) is 0 Å². The summed E-state index contributed by atoms with van der Waals surface area (Å²) in [6, 6.07) is 19.0. The summed E-state index contributed by atoms with van der Waals surface area (Å²) in [6.45, 7) is 4.02. The van der Waals surface area contributed by atoms with Gasteiger partial charge >= 0.3 is 0 Å². The molecule has 2 aromatic carbocycles. The van der Waals surface area contributed by atoms with Gasteiger partial charge in [0, 0.05) is 24.9 Å².